The molecule has 27 heavy (non-hydrogen) atoms. The summed E-state index contributed by atoms with van der Waals surface area (Å²) in [5, 5.41) is 24.1. The van der Waals surface area contributed by atoms with Gasteiger partial charge in [-0.1, -0.05) is 24.3 Å². The van der Waals surface area contributed by atoms with Gasteiger partial charge < -0.3 is 10.4 Å². The number of aliphatic carboxylic acids is 1. The van der Waals surface area contributed by atoms with Crippen LogP contribution in [0.15, 0.2) is 59.8 Å². The fourth-order valence-electron chi connectivity index (χ4n) is 3.28. The minimum atomic E-state index is -1.21. The summed E-state index contributed by atoms with van der Waals surface area (Å²) in [7, 11) is 0. The molecule has 0 saturated carbocycles. The van der Waals surface area contributed by atoms with Gasteiger partial charge in [0.2, 0.25) is 5.91 Å². The highest BCUT2D eigenvalue weighted by atomic mass is 16.6. The smallest absolute Gasteiger partial charge is 0.335 e. The Hall–Kier alpha value is -3.68. The Balaban J connectivity index is 2.32. The van der Waals surface area contributed by atoms with E-state index in [1.807, 2.05) is 0 Å². The summed E-state index contributed by atoms with van der Waals surface area (Å²) in [5.41, 5.74) is 1.55. The van der Waals surface area contributed by atoms with E-state index < -0.39 is 16.9 Å². The van der Waals surface area contributed by atoms with Crippen LogP contribution in [0.2, 0.25) is 0 Å². The van der Waals surface area contributed by atoms with Gasteiger partial charge in [0.05, 0.1) is 27.9 Å². The average molecular weight is 367 g/mol. The van der Waals surface area contributed by atoms with E-state index in [1.165, 1.54) is 30.0 Å². The molecule has 1 unspecified atom stereocenters. The molecule has 0 bridgehead atoms. The molecule has 1 aliphatic heterocycles. The maximum Gasteiger partial charge on any atom is 0.335 e. The van der Waals surface area contributed by atoms with Crippen molar-refractivity contribution in [2.24, 2.45) is 0 Å². The fraction of sp³-hybridized carbons (Fsp3) is 0.158. The Bertz CT molecular complexity index is 983. The quantitative estimate of drug-likeness (QED) is 0.634. The molecule has 1 amide bonds. The van der Waals surface area contributed by atoms with Crippen LogP contribution in [0.1, 0.15) is 25.5 Å². The first-order valence-electron chi connectivity index (χ1n) is 8.15. The monoisotopic (exact) mass is 367 g/mol. The highest BCUT2D eigenvalue weighted by molar-refractivity contribution is 6.02. The number of nitrogens with one attached hydrogen (secondary N) is 1. The summed E-state index contributed by atoms with van der Waals surface area (Å²) < 4.78 is 0. The summed E-state index contributed by atoms with van der Waals surface area (Å²) in [6.45, 7) is 2.94. The van der Waals surface area contributed by atoms with Gasteiger partial charge in [-0.25, -0.2) is 4.79 Å². The van der Waals surface area contributed by atoms with Crippen molar-refractivity contribution >= 4 is 28.9 Å². The summed E-state index contributed by atoms with van der Waals surface area (Å²) in [6.07, 6.45) is 0. The maximum atomic E-state index is 12.5. The number of fused-ring (bicyclic) bond motifs is 1. The van der Waals surface area contributed by atoms with Crippen molar-refractivity contribution < 1.29 is 19.6 Å². The van der Waals surface area contributed by atoms with Gasteiger partial charge in [-0.2, -0.15) is 0 Å². The number of para-hydroxylation sites is 2. The van der Waals surface area contributed by atoms with Crippen molar-refractivity contribution in [1.82, 2.24) is 0 Å². The minimum absolute atomic E-state index is 0.0538. The van der Waals surface area contributed by atoms with Crippen LogP contribution in [0.5, 0.6) is 0 Å². The second-order valence-corrected chi connectivity index (χ2v) is 6.13. The molecule has 0 saturated heterocycles. The lowest BCUT2D eigenvalue weighted by atomic mass is 9.95. The molecule has 1 aliphatic rings. The number of amides is 1. The minimum Gasteiger partial charge on any atom is -0.478 e. The van der Waals surface area contributed by atoms with Crippen molar-refractivity contribution in [1.29, 1.82) is 0 Å². The third kappa shape index (κ3) is 3.24. The second kappa shape index (κ2) is 6.91. The zero-order valence-electron chi connectivity index (χ0n) is 14.7. The number of carboxylic acid groups (broad SMARTS) is 1. The van der Waals surface area contributed by atoms with Gasteiger partial charge in [0.25, 0.3) is 5.69 Å². The molecule has 8 nitrogen and oxygen atoms in total. The van der Waals surface area contributed by atoms with Gasteiger partial charge in [-0.3, -0.25) is 19.8 Å². The molecule has 0 spiro atoms. The zero-order chi connectivity index (χ0) is 19.7. The lowest BCUT2D eigenvalue weighted by Crippen LogP contribution is -2.35. The van der Waals surface area contributed by atoms with E-state index in [9.17, 15) is 24.8 Å². The van der Waals surface area contributed by atoms with Crippen LogP contribution in [-0.2, 0) is 9.59 Å². The van der Waals surface area contributed by atoms with E-state index >= 15 is 0 Å². The summed E-state index contributed by atoms with van der Waals surface area (Å²) in [6, 6.07) is 11.6. The Morgan fingerprint density at radius 2 is 1.89 bits per heavy atom. The summed E-state index contributed by atoms with van der Waals surface area (Å²) >= 11 is 0. The van der Waals surface area contributed by atoms with E-state index in [-0.39, 0.29) is 17.2 Å². The average Bonchev–Trinajstić information content (AvgIpc) is 2.75. The zero-order valence-corrected chi connectivity index (χ0v) is 14.7. The largest absolute Gasteiger partial charge is 0.478 e. The number of hydrogen-bond donors (Lipinski definition) is 2. The number of nitro groups is 1. The Labute approximate surface area is 154 Å². The number of nitrogens with zero attached hydrogens (tertiary/aromatic N) is 2. The molecular weight excluding hydrogens is 350 g/mol. The SMILES string of the molecule is CC(=O)N1c2ccccc2NC(C)=C(C(=O)O)C1c1cccc([N+](=O)[O-])c1. The molecule has 0 fully saturated rings. The van der Waals surface area contributed by atoms with Gasteiger partial charge >= 0.3 is 5.97 Å². The van der Waals surface area contributed by atoms with Crippen LogP contribution in [0, 0.1) is 10.1 Å². The molecule has 0 aliphatic carbocycles. The Morgan fingerprint density at radius 1 is 1.19 bits per heavy atom. The lowest BCUT2D eigenvalue weighted by molar-refractivity contribution is -0.384. The predicted octanol–water partition coefficient (Wildman–Crippen LogP) is 3.47. The first-order chi connectivity index (χ1) is 12.8. The number of benzene rings is 2. The molecule has 1 heterocycles. The predicted molar refractivity (Wildman–Crippen MR) is 99.4 cm³/mol. The van der Waals surface area contributed by atoms with Crippen molar-refractivity contribution in [2.45, 2.75) is 19.9 Å². The Kier molecular flexibility index (Phi) is 4.64. The molecule has 1 atom stereocenters. The van der Waals surface area contributed by atoms with Crippen LogP contribution >= 0.6 is 0 Å². The molecule has 3 rings (SSSR count). The first kappa shape index (κ1) is 18.1. The van der Waals surface area contributed by atoms with Crippen LogP contribution in [0.25, 0.3) is 0 Å². The van der Waals surface area contributed by atoms with Crippen LogP contribution in [0.4, 0.5) is 17.1 Å². The highest BCUT2D eigenvalue weighted by Gasteiger charge is 2.37. The van der Waals surface area contributed by atoms with Gasteiger partial charge in [-0.15, -0.1) is 0 Å². The fourth-order valence-corrected chi connectivity index (χ4v) is 3.28. The van der Waals surface area contributed by atoms with Crippen LogP contribution in [0.3, 0.4) is 0 Å². The maximum absolute atomic E-state index is 12.5. The number of nitro benzene ring substituents is 1. The molecule has 2 aromatic carbocycles. The van der Waals surface area contributed by atoms with Gasteiger partial charge in [0.15, 0.2) is 0 Å². The second-order valence-electron chi connectivity index (χ2n) is 6.13. The van der Waals surface area contributed by atoms with Crippen molar-refractivity contribution in [2.75, 3.05) is 10.2 Å². The molecule has 0 radical (unpaired) electrons. The number of carbonyl (C=O) groups is 2. The van der Waals surface area contributed by atoms with Crippen molar-refractivity contribution in [3.63, 3.8) is 0 Å². The molecule has 2 aromatic rings. The van der Waals surface area contributed by atoms with E-state index in [1.54, 1.807) is 37.3 Å². The lowest BCUT2D eigenvalue weighted by Gasteiger charge is -2.31. The molecule has 138 valence electrons. The first-order valence-corrected chi connectivity index (χ1v) is 8.15. The number of carbonyl (C=O) groups excluding carboxylic acids is 1. The number of anilines is 2. The molecular formula is C19H17N3O5. The Morgan fingerprint density at radius 3 is 2.52 bits per heavy atom. The number of carboxylic acids is 1. The molecule has 0 aromatic heterocycles. The van der Waals surface area contributed by atoms with Crippen molar-refractivity contribution in [3.8, 4) is 0 Å². The standard InChI is InChI=1S/C19H17N3O5/c1-11-17(19(24)25)18(13-6-5-7-14(10-13)22(26)27)21(12(2)23)16-9-4-3-8-15(16)20-11/h3-10,18,20H,1-2H3,(H,24,25). The van der Waals surface area contributed by atoms with Crippen LogP contribution < -0.4 is 10.2 Å². The number of rotatable bonds is 3. The summed E-state index contributed by atoms with van der Waals surface area (Å²) in [5.74, 6) is -1.59. The van der Waals surface area contributed by atoms with Crippen molar-refractivity contribution in [3.05, 3.63) is 75.5 Å². The van der Waals surface area contributed by atoms with E-state index in [2.05, 4.69) is 5.32 Å². The van der Waals surface area contributed by atoms with E-state index in [0.29, 0.717) is 22.6 Å². The number of non-ortho nitro benzene ring substituents is 1. The van der Waals surface area contributed by atoms with E-state index in [4.69, 9.17) is 0 Å². The highest BCUT2D eigenvalue weighted by Crippen LogP contribution is 2.42. The third-order valence-electron chi connectivity index (χ3n) is 4.39. The van der Waals surface area contributed by atoms with E-state index in [0.717, 1.165) is 0 Å². The van der Waals surface area contributed by atoms with Gasteiger partial charge in [0.1, 0.15) is 0 Å². The third-order valence-corrected chi connectivity index (χ3v) is 4.39. The summed E-state index contributed by atoms with van der Waals surface area (Å²) in [4.78, 5) is 36.6. The molecule has 8 heteroatoms. The van der Waals surface area contributed by atoms with Gasteiger partial charge in [-0.05, 0) is 24.6 Å². The molecule has 2 N–H and O–H groups in total. The van der Waals surface area contributed by atoms with Gasteiger partial charge in [0, 0.05) is 24.8 Å². The topological polar surface area (TPSA) is 113 Å². The van der Waals surface area contributed by atoms with Crippen LogP contribution in [-0.4, -0.2) is 21.9 Å². The normalized spacial score (nSPS) is 16.2. The number of allylic oxidation sites excluding steroid dienone is 1. The number of hydrogen-bond acceptors (Lipinski definition) is 5.